The summed E-state index contributed by atoms with van der Waals surface area (Å²) in [5.41, 5.74) is 0.553. The van der Waals surface area contributed by atoms with Gasteiger partial charge in [-0.15, -0.1) is 0 Å². The van der Waals surface area contributed by atoms with Crippen molar-refractivity contribution >= 4 is 70.9 Å². The fraction of sp³-hybridized carbons (Fsp3) is 0.710. The van der Waals surface area contributed by atoms with Gasteiger partial charge in [-0.2, -0.15) is 0 Å². The third kappa shape index (κ3) is 18.2. The van der Waals surface area contributed by atoms with E-state index in [0.717, 1.165) is 0 Å². The van der Waals surface area contributed by atoms with Gasteiger partial charge in [-0.3, -0.25) is 47.9 Å². The van der Waals surface area contributed by atoms with Crippen LogP contribution < -0.4 is 26.0 Å². The lowest BCUT2D eigenvalue weighted by molar-refractivity contribution is -0.163. The monoisotopic (exact) mass is 1220 g/mol. The van der Waals surface area contributed by atoms with Gasteiger partial charge in [-0.1, -0.05) is 73.9 Å². The summed E-state index contributed by atoms with van der Waals surface area (Å²) >= 11 is 0. The van der Waals surface area contributed by atoms with Gasteiger partial charge in [0, 0.05) is 40.0 Å². The molecule has 4 aliphatic heterocycles. The van der Waals surface area contributed by atoms with Crippen molar-refractivity contribution < 1.29 is 81.6 Å². The first-order valence-electron chi connectivity index (χ1n) is 30.7. The summed E-state index contributed by atoms with van der Waals surface area (Å²) in [5, 5.41) is 22.7. The Balaban J connectivity index is 1.58. The van der Waals surface area contributed by atoms with Crippen LogP contribution in [0.1, 0.15) is 146 Å². The molecule has 0 saturated carbocycles. The number of nitrogens with one attached hydrogen (secondary N) is 4. The zero-order chi connectivity index (χ0) is 64.9. The molecule has 0 spiro atoms. The smallest absolute Gasteiger partial charge is 0.329 e. The molecule has 1 aromatic carbocycles. The van der Waals surface area contributed by atoms with E-state index in [1.165, 1.54) is 61.6 Å². The highest BCUT2D eigenvalue weighted by Crippen LogP contribution is 2.28. The average Bonchev–Trinajstić information content (AvgIpc) is 2.11. The summed E-state index contributed by atoms with van der Waals surface area (Å²) in [6.07, 6.45) is -5.03. The topological polar surface area (TPSA) is 323 Å². The first-order chi connectivity index (χ1) is 40.9. The van der Waals surface area contributed by atoms with E-state index in [9.17, 15) is 48.3 Å². The second-order valence-electron chi connectivity index (χ2n) is 25.0. The molecule has 6 unspecified atom stereocenters. The molecule has 87 heavy (non-hydrogen) atoms. The lowest BCUT2D eigenvalue weighted by atomic mass is 9.91. The zero-order valence-electron chi connectivity index (χ0n) is 53.1. The minimum absolute atomic E-state index is 0.0211. The molecule has 4 heterocycles. The predicted octanol–water partition coefficient (Wildman–Crippen LogP) is 2.15. The largest absolute Gasteiger partial charge is 0.497 e. The molecule has 5 N–H and O–H groups in total. The predicted molar refractivity (Wildman–Crippen MR) is 315 cm³/mol. The highest BCUT2D eigenvalue weighted by Gasteiger charge is 2.47. The van der Waals surface area contributed by atoms with Crippen molar-refractivity contribution in [1.29, 1.82) is 0 Å². The standard InChI is InChI=1S/C62H94N8O17/c1-15-35(8)50-47(71)31-49(73)87-53(34(6)7)52(74)36(9)54(75)64-42(28-32(2)3)58(79)70-27-17-19-44(70)60(81)68(13)46(30-39-20-22-40(84-14)23-21-39)62(83)85-37(10)51(56(77)65-50)66-55(76)45(29-33(4)5)67(12)59(80)43-18-16-26-69(43)57(78)38(11)86-61(82)41-24-25-48(72)63-41/h20-23,32-38,41-47,50-51,53,71H,15-19,24-31H2,1-14H3,(H,63,72)(H,64,75)(H,65,77)(H,66,76)/t35?,36?,37-,38+,41?,42+,43-,44-,45-,46-,47?,50?,51-,53?/m0/s1. The quantitative estimate of drug-likeness (QED) is 0.0848. The number of methoxy groups -OCH3 is 1. The van der Waals surface area contributed by atoms with Gasteiger partial charge in [-0.25, -0.2) is 9.59 Å². The van der Waals surface area contributed by atoms with Crippen LogP contribution >= 0.6 is 0 Å². The van der Waals surface area contributed by atoms with Crippen LogP contribution in [0.5, 0.6) is 5.75 Å². The Morgan fingerprint density at radius 2 is 1.48 bits per heavy atom. The highest BCUT2D eigenvalue weighted by molar-refractivity contribution is 6.05. The molecule has 25 nitrogen and oxygen atoms in total. The summed E-state index contributed by atoms with van der Waals surface area (Å²) < 4.78 is 22.7. The number of benzene rings is 1. The van der Waals surface area contributed by atoms with Crippen LogP contribution in [0.25, 0.3) is 0 Å². The SMILES string of the molecule is CCC(C)C1NC(=O)[C@@H](NC(=O)[C@H](CC(C)C)N(C)C(=O)[C@@H]2CCCN2C(=O)[C@@H](C)OC(=O)C2CCC(=O)N2)[C@H](C)OC(=O)[C@H](Cc2ccc(OC)cc2)N(C)C(=O)[C@@H]2CCCN2C(=O)[C@@H](CC(C)C)NC(=O)C(C)C(=O)C(C(C)C)OC(=O)CC1O. The van der Waals surface area contributed by atoms with Crippen LogP contribution in [0, 0.1) is 29.6 Å². The van der Waals surface area contributed by atoms with Gasteiger partial charge in [0.1, 0.15) is 54.1 Å². The van der Waals surface area contributed by atoms with Gasteiger partial charge in [0.15, 0.2) is 18.0 Å². The van der Waals surface area contributed by atoms with Crippen LogP contribution in [0.15, 0.2) is 24.3 Å². The van der Waals surface area contributed by atoms with Crippen molar-refractivity contribution in [3.63, 3.8) is 0 Å². The molecular formula is C62H94N8O17. The van der Waals surface area contributed by atoms with Gasteiger partial charge in [0.2, 0.25) is 41.4 Å². The minimum Gasteiger partial charge on any atom is -0.497 e. The molecule has 0 aliphatic carbocycles. The van der Waals surface area contributed by atoms with Crippen LogP contribution in [-0.2, 0) is 78.2 Å². The molecule has 4 saturated heterocycles. The number of nitrogens with zero attached hydrogens (tertiary/aromatic N) is 4. The van der Waals surface area contributed by atoms with E-state index in [0.29, 0.717) is 30.6 Å². The molecule has 4 aliphatic rings. The number of ether oxygens (including phenoxy) is 4. The molecule has 1 aromatic rings. The van der Waals surface area contributed by atoms with Crippen molar-refractivity contribution in [3.8, 4) is 5.75 Å². The number of carbonyl (C=O) groups excluding carboxylic acids is 12. The number of likely N-dealkylation sites (N-methyl/N-ethyl adjacent to an activating group) is 2. The Bertz CT molecular complexity index is 2670. The van der Waals surface area contributed by atoms with Crippen molar-refractivity contribution in [2.75, 3.05) is 34.3 Å². The maximum Gasteiger partial charge on any atom is 0.329 e. The Kier molecular flexibility index (Phi) is 25.7. The number of Topliss-reactive ketones (excluding diaryl/α,β-unsaturated/α-hetero) is 1. The van der Waals surface area contributed by atoms with E-state index in [-0.39, 0.29) is 75.8 Å². The van der Waals surface area contributed by atoms with Gasteiger partial charge in [-0.05, 0) is 107 Å². The third-order valence-corrected chi connectivity index (χ3v) is 17.0. The minimum atomic E-state index is -1.81. The van der Waals surface area contributed by atoms with Crippen LogP contribution in [0.3, 0.4) is 0 Å². The highest BCUT2D eigenvalue weighted by atomic mass is 16.6. The average molecular weight is 1220 g/mol. The molecule has 25 heteroatoms. The van der Waals surface area contributed by atoms with E-state index in [1.807, 2.05) is 13.8 Å². The summed E-state index contributed by atoms with van der Waals surface area (Å²) in [6.45, 7) is 18.3. The fourth-order valence-electron chi connectivity index (χ4n) is 11.6. The van der Waals surface area contributed by atoms with Crippen LogP contribution in [0.4, 0.5) is 0 Å². The van der Waals surface area contributed by atoms with E-state index in [4.69, 9.17) is 18.9 Å². The first kappa shape index (κ1) is 70.6. The number of carbonyl (C=O) groups is 12. The lowest BCUT2D eigenvalue weighted by Gasteiger charge is -2.36. The number of hydrogen-bond donors (Lipinski definition) is 5. The number of aliphatic hydroxyl groups is 1. The number of aliphatic hydroxyl groups excluding tert-OH is 1. The fourth-order valence-corrected chi connectivity index (χ4v) is 11.6. The first-order valence-corrected chi connectivity index (χ1v) is 30.7. The Morgan fingerprint density at radius 3 is 2.07 bits per heavy atom. The Labute approximate surface area is 510 Å². The van der Waals surface area contributed by atoms with Gasteiger partial charge in [0.05, 0.1) is 31.6 Å². The van der Waals surface area contributed by atoms with Crippen molar-refractivity contribution in [2.24, 2.45) is 29.6 Å². The number of amides is 8. The molecule has 0 aromatic heterocycles. The van der Waals surface area contributed by atoms with E-state index >= 15 is 14.4 Å². The number of hydrogen-bond acceptors (Lipinski definition) is 17. The zero-order valence-corrected chi connectivity index (χ0v) is 53.1. The summed E-state index contributed by atoms with van der Waals surface area (Å²) in [6, 6.07) is -3.47. The summed E-state index contributed by atoms with van der Waals surface area (Å²) in [7, 11) is 4.25. The molecule has 5 rings (SSSR count). The van der Waals surface area contributed by atoms with Crippen LogP contribution in [0.2, 0.25) is 0 Å². The van der Waals surface area contributed by atoms with Gasteiger partial charge >= 0.3 is 17.9 Å². The normalized spacial score (nSPS) is 27.8. The van der Waals surface area contributed by atoms with Crippen molar-refractivity contribution in [2.45, 2.75) is 220 Å². The second-order valence-corrected chi connectivity index (χ2v) is 25.0. The van der Waals surface area contributed by atoms with E-state index in [2.05, 4.69) is 21.3 Å². The number of fused-ring (bicyclic) bond motifs is 1. The molecule has 14 atom stereocenters. The van der Waals surface area contributed by atoms with Crippen molar-refractivity contribution in [1.82, 2.24) is 40.9 Å². The molecule has 0 radical (unpaired) electrons. The number of likely N-dealkylation sites (tertiary alicyclic amines) is 1. The number of cyclic esters (lactones) is 2. The summed E-state index contributed by atoms with van der Waals surface area (Å²) in [5.74, 6) is -11.8. The Morgan fingerprint density at radius 1 is 0.828 bits per heavy atom. The van der Waals surface area contributed by atoms with E-state index in [1.54, 1.807) is 65.8 Å². The Hall–Kier alpha value is -7.18. The second kappa shape index (κ2) is 31.6. The number of esters is 3. The maximum absolute atomic E-state index is 15.1. The molecular weight excluding hydrogens is 1130 g/mol. The van der Waals surface area contributed by atoms with Crippen LogP contribution in [-0.4, -0.2) is 203 Å². The maximum atomic E-state index is 15.1. The molecule has 484 valence electrons. The molecule has 0 bridgehead atoms. The number of ketones is 1. The third-order valence-electron chi connectivity index (χ3n) is 17.0. The number of rotatable bonds is 17. The lowest BCUT2D eigenvalue weighted by Crippen LogP contribution is -2.62. The van der Waals surface area contributed by atoms with Crippen molar-refractivity contribution in [3.05, 3.63) is 29.8 Å². The summed E-state index contributed by atoms with van der Waals surface area (Å²) in [4.78, 5) is 175. The van der Waals surface area contributed by atoms with E-state index < -0.39 is 162 Å². The van der Waals surface area contributed by atoms with Gasteiger partial charge < -0.3 is 64.9 Å². The van der Waals surface area contributed by atoms with Gasteiger partial charge in [0.25, 0.3) is 5.91 Å². The molecule has 8 amide bonds. The molecule has 4 fully saturated rings.